The van der Waals surface area contributed by atoms with Gasteiger partial charge in [-0.1, -0.05) is 50.1 Å². The van der Waals surface area contributed by atoms with E-state index in [-0.39, 0.29) is 6.54 Å². The molecule has 2 rings (SSSR count). The van der Waals surface area contributed by atoms with E-state index in [9.17, 15) is 14.4 Å². The summed E-state index contributed by atoms with van der Waals surface area (Å²) in [6.45, 7) is 5.02. The van der Waals surface area contributed by atoms with Crippen LogP contribution in [0.1, 0.15) is 39.2 Å². The molecular weight excluding hydrogens is 318 g/mol. The van der Waals surface area contributed by atoms with Gasteiger partial charge in [0.1, 0.15) is 17.6 Å². The van der Waals surface area contributed by atoms with E-state index >= 15 is 0 Å². The quantitative estimate of drug-likeness (QED) is 0.611. The van der Waals surface area contributed by atoms with E-state index in [2.05, 4.69) is 16.6 Å². The largest absolute Gasteiger partial charge is 0.338 e. The Kier molecular flexibility index (Phi) is 5.17. The van der Waals surface area contributed by atoms with Crippen molar-refractivity contribution in [2.45, 2.75) is 44.7 Å². The van der Waals surface area contributed by atoms with Gasteiger partial charge in [0.25, 0.3) is 5.91 Å². The number of hydrogen-bond donors (Lipinski definition) is 2. The fraction of sp³-hybridized carbons (Fsp3) is 0.421. The van der Waals surface area contributed by atoms with Crippen LogP contribution in [0, 0.1) is 12.3 Å². The maximum absolute atomic E-state index is 12.8. The lowest BCUT2D eigenvalue weighted by Gasteiger charge is -2.28. The SMILES string of the molecule is C#CC(CC)(CC)NC(=O)CN1C(=O)N[C@](C)(c2ccccc2)C1=O. The van der Waals surface area contributed by atoms with Crippen LogP contribution in [0.4, 0.5) is 4.79 Å². The number of urea groups is 1. The standard InChI is InChI=1S/C19H23N3O3/c1-5-19(6-2,7-3)20-15(23)13-22-16(24)18(4,21-17(22)25)14-11-9-8-10-12-14/h1,8-12H,6-7,13H2,2-4H3,(H,20,23)(H,21,25)/t18-/m1/s1. The summed E-state index contributed by atoms with van der Waals surface area (Å²) in [5.74, 6) is 1.68. The number of hydrogen-bond acceptors (Lipinski definition) is 3. The van der Waals surface area contributed by atoms with Gasteiger partial charge in [-0.3, -0.25) is 14.5 Å². The Morgan fingerprint density at radius 1 is 1.28 bits per heavy atom. The maximum Gasteiger partial charge on any atom is 0.325 e. The normalized spacial score (nSPS) is 20.2. The Labute approximate surface area is 148 Å². The zero-order valence-electron chi connectivity index (χ0n) is 14.8. The van der Waals surface area contributed by atoms with Crippen molar-refractivity contribution in [3.05, 3.63) is 35.9 Å². The van der Waals surface area contributed by atoms with Crippen LogP contribution in [0.15, 0.2) is 30.3 Å². The van der Waals surface area contributed by atoms with Crippen molar-refractivity contribution >= 4 is 17.8 Å². The highest BCUT2D eigenvalue weighted by Gasteiger charge is 2.49. The second kappa shape index (κ2) is 6.98. The third-order valence-electron chi connectivity index (χ3n) is 4.79. The first-order chi connectivity index (χ1) is 11.8. The Hall–Kier alpha value is -2.81. The highest BCUT2D eigenvalue weighted by molar-refractivity contribution is 6.09. The molecule has 1 fully saturated rings. The summed E-state index contributed by atoms with van der Waals surface area (Å²) in [4.78, 5) is 38.3. The molecule has 0 radical (unpaired) electrons. The van der Waals surface area contributed by atoms with Crippen LogP contribution in [-0.2, 0) is 15.1 Å². The van der Waals surface area contributed by atoms with Gasteiger partial charge in [-0.25, -0.2) is 4.79 Å². The molecule has 25 heavy (non-hydrogen) atoms. The molecule has 0 saturated carbocycles. The van der Waals surface area contributed by atoms with Crippen molar-refractivity contribution < 1.29 is 14.4 Å². The second-order valence-electron chi connectivity index (χ2n) is 6.29. The van der Waals surface area contributed by atoms with E-state index in [1.54, 1.807) is 31.2 Å². The molecule has 0 bridgehead atoms. The van der Waals surface area contributed by atoms with Crippen molar-refractivity contribution in [1.82, 2.24) is 15.5 Å². The first-order valence-corrected chi connectivity index (χ1v) is 8.30. The lowest BCUT2D eigenvalue weighted by molar-refractivity contribution is -0.135. The average molecular weight is 341 g/mol. The van der Waals surface area contributed by atoms with E-state index in [1.165, 1.54) is 0 Å². The molecule has 6 nitrogen and oxygen atoms in total. The third-order valence-corrected chi connectivity index (χ3v) is 4.79. The number of nitrogens with one attached hydrogen (secondary N) is 2. The molecule has 0 spiro atoms. The van der Waals surface area contributed by atoms with Crippen LogP contribution in [0.2, 0.25) is 0 Å². The van der Waals surface area contributed by atoms with Crippen LogP contribution < -0.4 is 10.6 Å². The molecule has 0 aliphatic carbocycles. The van der Waals surface area contributed by atoms with Crippen molar-refractivity contribution in [2.24, 2.45) is 0 Å². The molecule has 1 saturated heterocycles. The van der Waals surface area contributed by atoms with Crippen LogP contribution >= 0.6 is 0 Å². The zero-order valence-corrected chi connectivity index (χ0v) is 14.8. The third kappa shape index (κ3) is 3.36. The summed E-state index contributed by atoms with van der Waals surface area (Å²) in [6, 6.07) is 8.34. The van der Waals surface area contributed by atoms with Gasteiger partial charge < -0.3 is 10.6 Å². The fourth-order valence-corrected chi connectivity index (χ4v) is 2.92. The summed E-state index contributed by atoms with van der Waals surface area (Å²) in [5, 5.41) is 5.44. The minimum atomic E-state index is -1.18. The highest BCUT2D eigenvalue weighted by Crippen LogP contribution is 2.28. The fourth-order valence-electron chi connectivity index (χ4n) is 2.92. The Morgan fingerprint density at radius 3 is 2.40 bits per heavy atom. The molecule has 1 heterocycles. The predicted molar refractivity (Wildman–Crippen MR) is 94.3 cm³/mol. The highest BCUT2D eigenvalue weighted by atomic mass is 16.2. The molecule has 0 unspecified atom stereocenters. The average Bonchev–Trinajstić information content (AvgIpc) is 2.85. The Bertz CT molecular complexity index is 719. The van der Waals surface area contributed by atoms with Crippen LogP contribution in [0.3, 0.4) is 0 Å². The first kappa shape index (κ1) is 18.5. The zero-order chi connectivity index (χ0) is 18.7. The molecule has 1 aliphatic heterocycles. The van der Waals surface area contributed by atoms with Crippen LogP contribution in [0.5, 0.6) is 0 Å². The number of terminal acetylenes is 1. The molecule has 132 valence electrons. The van der Waals surface area contributed by atoms with Crippen molar-refractivity contribution in [3.8, 4) is 12.3 Å². The molecular formula is C19H23N3O3. The summed E-state index contributed by atoms with van der Waals surface area (Å²) in [7, 11) is 0. The number of carbonyl (C=O) groups excluding carboxylic acids is 3. The van der Waals surface area contributed by atoms with E-state index in [0.29, 0.717) is 18.4 Å². The van der Waals surface area contributed by atoms with Gasteiger partial charge in [0, 0.05) is 0 Å². The molecule has 1 atom stereocenters. The second-order valence-corrected chi connectivity index (χ2v) is 6.29. The van der Waals surface area contributed by atoms with E-state index in [1.807, 2.05) is 19.9 Å². The van der Waals surface area contributed by atoms with Gasteiger partial charge in [-0.2, -0.15) is 0 Å². The number of nitrogens with zero attached hydrogens (tertiary/aromatic N) is 1. The summed E-state index contributed by atoms with van der Waals surface area (Å²) in [6.07, 6.45) is 6.66. The van der Waals surface area contributed by atoms with Gasteiger partial charge in [0.05, 0.1) is 0 Å². The number of amides is 4. The van der Waals surface area contributed by atoms with Gasteiger partial charge in [-0.15, -0.1) is 6.42 Å². The van der Waals surface area contributed by atoms with Gasteiger partial charge in [0.2, 0.25) is 5.91 Å². The van der Waals surface area contributed by atoms with Crippen molar-refractivity contribution in [3.63, 3.8) is 0 Å². The molecule has 4 amide bonds. The number of benzene rings is 1. The number of carbonyl (C=O) groups is 3. The monoisotopic (exact) mass is 341 g/mol. The number of imide groups is 1. The topological polar surface area (TPSA) is 78.5 Å². The molecule has 2 N–H and O–H groups in total. The summed E-state index contributed by atoms with van der Waals surface area (Å²) < 4.78 is 0. The predicted octanol–water partition coefficient (Wildman–Crippen LogP) is 1.76. The van der Waals surface area contributed by atoms with E-state index in [0.717, 1.165) is 4.90 Å². The van der Waals surface area contributed by atoms with E-state index in [4.69, 9.17) is 6.42 Å². The van der Waals surface area contributed by atoms with Crippen LogP contribution in [0.25, 0.3) is 0 Å². The van der Waals surface area contributed by atoms with E-state index < -0.39 is 28.9 Å². The molecule has 1 aromatic rings. The van der Waals surface area contributed by atoms with Gasteiger partial charge >= 0.3 is 6.03 Å². The minimum Gasteiger partial charge on any atom is -0.338 e. The first-order valence-electron chi connectivity index (χ1n) is 8.30. The Balaban J connectivity index is 2.16. The van der Waals surface area contributed by atoms with Crippen molar-refractivity contribution in [2.75, 3.05) is 6.54 Å². The summed E-state index contributed by atoms with van der Waals surface area (Å²) >= 11 is 0. The minimum absolute atomic E-state index is 0.365. The molecule has 0 aromatic heterocycles. The van der Waals surface area contributed by atoms with Crippen molar-refractivity contribution in [1.29, 1.82) is 0 Å². The van der Waals surface area contributed by atoms with Crippen LogP contribution in [-0.4, -0.2) is 34.8 Å². The Morgan fingerprint density at radius 2 is 1.88 bits per heavy atom. The lowest BCUT2D eigenvalue weighted by Crippen LogP contribution is -2.51. The van der Waals surface area contributed by atoms with Gasteiger partial charge in [-0.05, 0) is 25.3 Å². The molecule has 1 aliphatic rings. The smallest absolute Gasteiger partial charge is 0.325 e. The number of rotatable bonds is 6. The van der Waals surface area contributed by atoms with Gasteiger partial charge in [0.15, 0.2) is 0 Å². The summed E-state index contributed by atoms with van der Waals surface area (Å²) in [5.41, 5.74) is -1.28. The molecule has 1 aromatic carbocycles. The maximum atomic E-state index is 12.8. The molecule has 6 heteroatoms. The lowest BCUT2D eigenvalue weighted by atomic mass is 9.92.